The Morgan fingerprint density at radius 3 is 2.21 bits per heavy atom. The molecule has 1 rings (SSSR count). The molecule has 0 bridgehead atoms. The monoisotopic (exact) mass is 194 g/mol. The molecule has 0 aromatic heterocycles. The van der Waals surface area contributed by atoms with Gasteiger partial charge in [-0.3, -0.25) is 0 Å². The van der Waals surface area contributed by atoms with Crippen LogP contribution in [0.25, 0.3) is 0 Å². The molecule has 0 unspecified atom stereocenters. The quantitative estimate of drug-likeness (QED) is 0.676. The van der Waals surface area contributed by atoms with Gasteiger partial charge in [0.05, 0.1) is 5.56 Å². The number of hydrazine groups is 1. The Labute approximate surface area is 83.6 Å². The molecule has 76 valence electrons. The van der Waals surface area contributed by atoms with E-state index in [1.54, 1.807) is 50.4 Å². The van der Waals surface area contributed by atoms with E-state index in [0.717, 1.165) is 0 Å². The van der Waals surface area contributed by atoms with Crippen LogP contribution < -0.4 is 0 Å². The number of hydroxylamine groups is 1. The minimum atomic E-state index is -0.359. The topological polar surface area (TPSA) is 32.8 Å². The van der Waals surface area contributed by atoms with Crippen LogP contribution in [0.15, 0.2) is 30.3 Å². The molecule has 0 spiro atoms. The van der Waals surface area contributed by atoms with Crippen LogP contribution in [0.3, 0.4) is 0 Å². The van der Waals surface area contributed by atoms with Gasteiger partial charge in [-0.15, -0.1) is 0 Å². The van der Waals surface area contributed by atoms with Crippen molar-refractivity contribution in [1.82, 2.24) is 10.2 Å². The Bertz CT molecular complexity index is 298. The zero-order valence-electron chi connectivity index (χ0n) is 8.60. The zero-order chi connectivity index (χ0) is 10.6. The molecule has 4 heteroatoms. The third-order valence-electron chi connectivity index (χ3n) is 1.79. The standard InChI is InChI=1S/C10H14N2O2/c1-11(2)12(3)14-10(13)9-7-5-4-6-8-9/h4-8H,1-3H3. The minimum Gasteiger partial charge on any atom is -0.348 e. The van der Waals surface area contributed by atoms with Gasteiger partial charge in [-0.25, -0.2) is 9.80 Å². The Balaban J connectivity index is 2.60. The second-order valence-corrected chi connectivity index (χ2v) is 3.06. The molecule has 0 amide bonds. The van der Waals surface area contributed by atoms with Crippen LogP contribution in [0.4, 0.5) is 0 Å². The van der Waals surface area contributed by atoms with Gasteiger partial charge in [-0.2, -0.15) is 0 Å². The summed E-state index contributed by atoms with van der Waals surface area (Å²) in [5.41, 5.74) is 0.543. The largest absolute Gasteiger partial charge is 0.358 e. The highest BCUT2D eigenvalue weighted by Crippen LogP contribution is 2.02. The van der Waals surface area contributed by atoms with Crippen molar-refractivity contribution in [3.63, 3.8) is 0 Å². The fourth-order valence-electron chi connectivity index (χ4n) is 0.829. The first-order valence-corrected chi connectivity index (χ1v) is 4.29. The third-order valence-corrected chi connectivity index (χ3v) is 1.79. The zero-order valence-corrected chi connectivity index (χ0v) is 8.60. The molecule has 0 fully saturated rings. The summed E-state index contributed by atoms with van der Waals surface area (Å²) in [6.07, 6.45) is 0. The smallest absolute Gasteiger partial charge is 0.348 e. The van der Waals surface area contributed by atoms with E-state index in [1.165, 1.54) is 5.17 Å². The van der Waals surface area contributed by atoms with Gasteiger partial charge in [0.25, 0.3) is 0 Å². The number of nitrogens with zero attached hydrogens (tertiary/aromatic N) is 2. The van der Waals surface area contributed by atoms with Crippen molar-refractivity contribution in [2.45, 2.75) is 0 Å². The maximum atomic E-state index is 11.5. The van der Waals surface area contributed by atoms with Crippen molar-refractivity contribution in [2.24, 2.45) is 0 Å². The van der Waals surface area contributed by atoms with Crippen molar-refractivity contribution in [3.05, 3.63) is 35.9 Å². The van der Waals surface area contributed by atoms with Crippen molar-refractivity contribution < 1.29 is 9.63 Å². The highest BCUT2D eigenvalue weighted by Gasteiger charge is 2.10. The molecule has 0 heterocycles. The highest BCUT2D eigenvalue weighted by molar-refractivity contribution is 5.89. The minimum absolute atomic E-state index is 0.359. The van der Waals surface area contributed by atoms with Gasteiger partial charge in [0.1, 0.15) is 0 Å². The van der Waals surface area contributed by atoms with Gasteiger partial charge in [-0.1, -0.05) is 23.4 Å². The van der Waals surface area contributed by atoms with Crippen LogP contribution in [0, 0.1) is 0 Å². The normalized spacial score (nSPS) is 10.6. The lowest BCUT2D eigenvalue weighted by Crippen LogP contribution is -2.35. The van der Waals surface area contributed by atoms with Gasteiger partial charge in [0, 0.05) is 21.1 Å². The molecule has 0 aliphatic rings. The second kappa shape index (κ2) is 4.74. The summed E-state index contributed by atoms with van der Waals surface area (Å²) in [6.45, 7) is 0. The second-order valence-electron chi connectivity index (χ2n) is 3.06. The van der Waals surface area contributed by atoms with E-state index >= 15 is 0 Å². The Hall–Kier alpha value is -1.39. The first-order valence-electron chi connectivity index (χ1n) is 4.29. The van der Waals surface area contributed by atoms with E-state index in [0.29, 0.717) is 5.56 Å². The van der Waals surface area contributed by atoms with Gasteiger partial charge in [0.2, 0.25) is 0 Å². The summed E-state index contributed by atoms with van der Waals surface area (Å²) in [5.74, 6) is -0.359. The Kier molecular flexibility index (Phi) is 3.62. The van der Waals surface area contributed by atoms with Crippen molar-refractivity contribution in [3.8, 4) is 0 Å². The van der Waals surface area contributed by atoms with E-state index in [2.05, 4.69) is 0 Å². The van der Waals surface area contributed by atoms with Crippen molar-refractivity contribution in [2.75, 3.05) is 21.1 Å². The summed E-state index contributed by atoms with van der Waals surface area (Å²) in [4.78, 5) is 16.5. The molecule has 0 aliphatic heterocycles. The summed E-state index contributed by atoms with van der Waals surface area (Å²) in [6, 6.07) is 8.88. The van der Waals surface area contributed by atoms with E-state index < -0.39 is 0 Å². The first-order chi connectivity index (χ1) is 6.61. The van der Waals surface area contributed by atoms with Crippen LogP contribution in [-0.2, 0) is 4.84 Å². The number of rotatable bonds is 3. The van der Waals surface area contributed by atoms with Crippen molar-refractivity contribution in [1.29, 1.82) is 0 Å². The number of carbonyl (C=O) groups excluding carboxylic acids is 1. The van der Waals surface area contributed by atoms with Gasteiger partial charge in [0.15, 0.2) is 0 Å². The third kappa shape index (κ3) is 2.83. The maximum Gasteiger partial charge on any atom is 0.358 e. The highest BCUT2D eigenvalue weighted by atomic mass is 16.7. The molecule has 0 N–H and O–H groups in total. The summed E-state index contributed by atoms with van der Waals surface area (Å²) < 4.78 is 0. The molecule has 1 aromatic rings. The molecule has 0 saturated carbocycles. The lowest BCUT2D eigenvalue weighted by atomic mass is 10.2. The van der Waals surface area contributed by atoms with E-state index in [9.17, 15) is 4.79 Å². The van der Waals surface area contributed by atoms with Crippen LogP contribution in [0.2, 0.25) is 0 Å². The summed E-state index contributed by atoms with van der Waals surface area (Å²) >= 11 is 0. The fourth-order valence-corrected chi connectivity index (χ4v) is 0.829. The summed E-state index contributed by atoms with van der Waals surface area (Å²) in [5, 5.41) is 3.04. The van der Waals surface area contributed by atoms with Gasteiger partial charge in [-0.05, 0) is 12.1 Å². The van der Waals surface area contributed by atoms with Crippen LogP contribution in [0.1, 0.15) is 10.4 Å². The van der Waals surface area contributed by atoms with E-state index in [-0.39, 0.29) is 5.97 Å². The van der Waals surface area contributed by atoms with E-state index in [1.807, 2.05) is 6.07 Å². The molecule has 1 aromatic carbocycles. The predicted octanol–water partition coefficient (Wildman–Crippen LogP) is 1.17. The van der Waals surface area contributed by atoms with E-state index in [4.69, 9.17) is 4.84 Å². The van der Waals surface area contributed by atoms with Crippen LogP contribution in [-0.4, -0.2) is 37.3 Å². The van der Waals surface area contributed by atoms with Crippen LogP contribution in [0.5, 0.6) is 0 Å². The molecular formula is C10H14N2O2. The molecule has 4 nitrogen and oxygen atoms in total. The number of hydrogen-bond donors (Lipinski definition) is 0. The SMILES string of the molecule is CN(C)N(C)OC(=O)c1ccccc1. The number of carbonyl (C=O) groups is 1. The van der Waals surface area contributed by atoms with Crippen molar-refractivity contribution >= 4 is 5.97 Å². The average Bonchev–Trinajstić information content (AvgIpc) is 2.19. The van der Waals surface area contributed by atoms with Crippen LogP contribution >= 0.6 is 0 Å². The average molecular weight is 194 g/mol. The fraction of sp³-hybridized carbons (Fsp3) is 0.300. The maximum absolute atomic E-state index is 11.5. The van der Waals surface area contributed by atoms with Gasteiger partial charge < -0.3 is 4.84 Å². The Morgan fingerprint density at radius 2 is 1.71 bits per heavy atom. The predicted molar refractivity (Wildman–Crippen MR) is 53.3 cm³/mol. The molecular weight excluding hydrogens is 180 g/mol. The van der Waals surface area contributed by atoms with Gasteiger partial charge >= 0.3 is 5.97 Å². The lowest BCUT2D eigenvalue weighted by molar-refractivity contribution is -0.205. The molecule has 0 atom stereocenters. The number of benzene rings is 1. The molecule has 0 radical (unpaired) electrons. The summed E-state index contributed by atoms with van der Waals surface area (Å²) in [7, 11) is 5.25. The number of hydrogen-bond acceptors (Lipinski definition) is 4. The first kappa shape index (κ1) is 10.7. The molecule has 0 saturated heterocycles. The lowest BCUT2D eigenvalue weighted by Gasteiger charge is -2.22. The molecule has 0 aliphatic carbocycles. The Morgan fingerprint density at radius 1 is 1.14 bits per heavy atom. The molecule has 14 heavy (non-hydrogen) atoms.